The van der Waals surface area contributed by atoms with Crippen LogP contribution < -0.4 is 11.1 Å². The van der Waals surface area contributed by atoms with Crippen LogP contribution >= 0.6 is 0 Å². The van der Waals surface area contributed by atoms with Crippen LogP contribution in [0.1, 0.15) is 37.3 Å². The van der Waals surface area contributed by atoms with E-state index in [4.69, 9.17) is 5.73 Å². The zero-order valence-electron chi connectivity index (χ0n) is 13.3. The van der Waals surface area contributed by atoms with Crippen LogP contribution in [-0.2, 0) is 17.9 Å². The fourth-order valence-electron chi connectivity index (χ4n) is 2.60. The number of benzene rings is 1. The Morgan fingerprint density at radius 3 is 2.50 bits per heavy atom. The van der Waals surface area contributed by atoms with Gasteiger partial charge in [-0.2, -0.15) is 0 Å². The molecule has 1 heterocycles. The molecule has 5 heteroatoms. The Bertz CT molecular complexity index is 467. The number of aliphatic hydroxyl groups excluding tert-OH is 1. The Balaban J connectivity index is 1.79. The number of carbonyl (C=O) groups is 1. The van der Waals surface area contributed by atoms with Crippen molar-refractivity contribution in [1.82, 2.24) is 10.2 Å². The monoisotopic (exact) mass is 305 g/mol. The summed E-state index contributed by atoms with van der Waals surface area (Å²) in [6.45, 7) is 5.24. The van der Waals surface area contributed by atoms with E-state index in [9.17, 15) is 9.90 Å². The van der Waals surface area contributed by atoms with Gasteiger partial charge in [-0.15, -0.1) is 0 Å². The Morgan fingerprint density at radius 2 is 1.91 bits per heavy atom. The Kier molecular flexibility index (Phi) is 6.36. The number of piperidine rings is 1. The second kappa shape index (κ2) is 8.27. The summed E-state index contributed by atoms with van der Waals surface area (Å²) in [4.78, 5) is 14.0. The van der Waals surface area contributed by atoms with Crippen LogP contribution in [0.3, 0.4) is 0 Å². The Morgan fingerprint density at radius 1 is 1.32 bits per heavy atom. The Hall–Kier alpha value is -1.43. The van der Waals surface area contributed by atoms with Crippen molar-refractivity contribution in [3.8, 4) is 0 Å². The highest BCUT2D eigenvalue weighted by Crippen LogP contribution is 2.14. The smallest absolute Gasteiger partial charge is 0.237 e. The summed E-state index contributed by atoms with van der Waals surface area (Å²) in [7, 11) is 0. The SMILES string of the molecule is CC[C@H](N)C(=O)NCc1ccc(CN2CCC(O)CC2)cc1. The quantitative estimate of drug-likeness (QED) is 0.732. The van der Waals surface area contributed by atoms with Crippen LogP contribution in [0.15, 0.2) is 24.3 Å². The van der Waals surface area contributed by atoms with E-state index in [0.717, 1.165) is 38.0 Å². The molecule has 1 aromatic carbocycles. The molecule has 0 unspecified atom stereocenters. The molecule has 1 aliphatic rings. The fourth-order valence-corrected chi connectivity index (χ4v) is 2.60. The first kappa shape index (κ1) is 16.9. The minimum absolute atomic E-state index is 0.0987. The summed E-state index contributed by atoms with van der Waals surface area (Å²) in [6, 6.07) is 7.88. The molecule has 0 aromatic heterocycles. The second-order valence-electron chi connectivity index (χ2n) is 6.06. The first-order valence-corrected chi connectivity index (χ1v) is 8.10. The largest absolute Gasteiger partial charge is 0.393 e. The number of nitrogens with one attached hydrogen (secondary N) is 1. The van der Waals surface area contributed by atoms with E-state index < -0.39 is 6.04 Å². The highest BCUT2D eigenvalue weighted by molar-refractivity contribution is 5.81. The maximum Gasteiger partial charge on any atom is 0.237 e. The molecule has 122 valence electrons. The third-order valence-corrected chi connectivity index (χ3v) is 4.23. The van der Waals surface area contributed by atoms with Gasteiger partial charge in [-0.3, -0.25) is 9.69 Å². The molecular weight excluding hydrogens is 278 g/mol. The summed E-state index contributed by atoms with van der Waals surface area (Å²) >= 11 is 0. The number of nitrogens with zero attached hydrogens (tertiary/aromatic N) is 1. The van der Waals surface area contributed by atoms with Crippen LogP contribution in [0.25, 0.3) is 0 Å². The molecule has 2 rings (SSSR count). The summed E-state index contributed by atoms with van der Waals surface area (Å²) in [6.07, 6.45) is 2.25. The molecule has 1 amide bonds. The number of aliphatic hydroxyl groups is 1. The standard InChI is InChI=1S/C17H27N3O2/c1-2-16(18)17(22)19-11-13-3-5-14(6-4-13)12-20-9-7-15(21)8-10-20/h3-6,15-16,21H,2,7-12,18H2,1H3,(H,19,22)/t16-/m0/s1. The van der Waals surface area contributed by atoms with Gasteiger partial charge >= 0.3 is 0 Å². The lowest BCUT2D eigenvalue weighted by atomic mass is 10.1. The van der Waals surface area contributed by atoms with E-state index in [1.165, 1.54) is 5.56 Å². The second-order valence-corrected chi connectivity index (χ2v) is 6.06. The summed E-state index contributed by atoms with van der Waals surface area (Å²) < 4.78 is 0. The van der Waals surface area contributed by atoms with E-state index in [2.05, 4.69) is 22.3 Å². The van der Waals surface area contributed by atoms with E-state index in [0.29, 0.717) is 13.0 Å². The number of hydrogen-bond donors (Lipinski definition) is 3. The van der Waals surface area contributed by atoms with Crippen LogP contribution in [-0.4, -0.2) is 41.1 Å². The summed E-state index contributed by atoms with van der Waals surface area (Å²) in [5.41, 5.74) is 8.02. The maximum absolute atomic E-state index is 11.6. The molecule has 0 radical (unpaired) electrons. The molecule has 1 atom stereocenters. The molecule has 5 nitrogen and oxygen atoms in total. The van der Waals surface area contributed by atoms with Crippen molar-refractivity contribution in [3.63, 3.8) is 0 Å². The van der Waals surface area contributed by atoms with Crippen molar-refractivity contribution >= 4 is 5.91 Å². The Labute approximate surface area is 132 Å². The first-order valence-electron chi connectivity index (χ1n) is 8.10. The topological polar surface area (TPSA) is 78.6 Å². The van der Waals surface area contributed by atoms with Crippen molar-refractivity contribution in [2.24, 2.45) is 5.73 Å². The molecule has 1 saturated heterocycles. The minimum atomic E-state index is -0.422. The predicted molar refractivity (Wildman–Crippen MR) is 87.1 cm³/mol. The van der Waals surface area contributed by atoms with E-state index in [-0.39, 0.29) is 12.0 Å². The maximum atomic E-state index is 11.6. The minimum Gasteiger partial charge on any atom is -0.393 e. The lowest BCUT2D eigenvalue weighted by Gasteiger charge is -2.29. The summed E-state index contributed by atoms with van der Waals surface area (Å²) in [5.74, 6) is -0.0987. The van der Waals surface area contributed by atoms with E-state index in [1.807, 2.05) is 19.1 Å². The van der Waals surface area contributed by atoms with Gasteiger partial charge in [0.15, 0.2) is 0 Å². The molecule has 0 spiro atoms. The van der Waals surface area contributed by atoms with Gasteiger partial charge in [0.1, 0.15) is 0 Å². The number of carbonyl (C=O) groups excluding carboxylic acids is 1. The van der Waals surface area contributed by atoms with E-state index >= 15 is 0 Å². The van der Waals surface area contributed by atoms with Crippen LogP contribution in [0.4, 0.5) is 0 Å². The van der Waals surface area contributed by atoms with Gasteiger partial charge in [-0.1, -0.05) is 31.2 Å². The van der Waals surface area contributed by atoms with Crippen molar-refractivity contribution in [1.29, 1.82) is 0 Å². The van der Waals surface area contributed by atoms with Gasteiger partial charge < -0.3 is 16.2 Å². The van der Waals surface area contributed by atoms with Crippen LogP contribution in [0, 0.1) is 0 Å². The fraction of sp³-hybridized carbons (Fsp3) is 0.588. The zero-order chi connectivity index (χ0) is 15.9. The van der Waals surface area contributed by atoms with Gasteiger partial charge in [0, 0.05) is 26.2 Å². The lowest BCUT2D eigenvalue weighted by Crippen LogP contribution is -2.39. The normalized spacial score (nSPS) is 18.1. The molecule has 0 saturated carbocycles. The molecule has 0 bridgehead atoms. The molecule has 1 aliphatic heterocycles. The average molecular weight is 305 g/mol. The van der Waals surface area contributed by atoms with Gasteiger partial charge in [0.2, 0.25) is 5.91 Å². The number of likely N-dealkylation sites (tertiary alicyclic amines) is 1. The molecule has 22 heavy (non-hydrogen) atoms. The third-order valence-electron chi connectivity index (χ3n) is 4.23. The number of amides is 1. The molecule has 0 aliphatic carbocycles. The van der Waals surface area contributed by atoms with Gasteiger partial charge in [0.25, 0.3) is 0 Å². The number of hydrogen-bond acceptors (Lipinski definition) is 4. The molecule has 1 aromatic rings. The molecular formula is C17H27N3O2. The lowest BCUT2D eigenvalue weighted by molar-refractivity contribution is -0.122. The molecule has 1 fully saturated rings. The van der Waals surface area contributed by atoms with Crippen LogP contribution in [0.5, 0.6) is 0 Å². The summed E-state index contributed by atoms with van der Waals surface area (Å²) in [5, 5.41) is 12.4. The van der Waals surface area contributed by atoms with E-state index in [1.54, 1.807) is 0 Å². The third kappa shape index (κ3) is 5.09. The van der Waals surface area contributed by atoms with Crippen molar-refractivity contribution < 1.29 is 9.90 Å². The van der Waals surface area contributed by atoms with Crippen LogP contribution in [0.2, 0.25) is 0 Å². The van der Waals surface area contributed by atoms with Gasteiger partial charge in [0.05, 0.1) is 12.1 Å². The number of nitrogens with two attached hydrogens (primary N) is 1. The predicted octanol–water partition coefficient (Wildman–Crippen LogP) is 0.997. The van der Waals surface area contributed by atoms with Gasteiger partial charge in [-0.25, -0.2) is 0 Å². The van der Waals surface area contributed by atoms with Gasteiger partial charge in [-0.05, 0) is 30.4 Å². The first-order chi connectivity index (χ1) is 10.6. The average Bonchev–Trinajstić information content (AvgIpc) is 2.55. The zero-order valence-corrected chi connectivity index (χ0v) is 13.3. The number of rotatable bonds is 6. The molecule has 4 N–H and O–H groups in total. The van der Waals surface area contributed by atoms with Crippen molar-refractivity contribution in [2.75, 3.05) is 13.1 Å². The van der Waals surface area contributed by atoms with Crippen molar-refractivity contribution in [2.45, 2.75) is 51.4 Å². The highest BCUT2D eigenvalue weighted by Gasteiger charge is 2.16. The van der Waals surface area contributed by atoms with Crippen molar-refractivity contribution in [3.05, 3.63) is 35.4 Å². The highest BCUT2D eigenvalue weighted by atomic mass is 16.3.